The Morgan fingerprint density at radius 2 is 1.62 bits per heavy atom. The van der Waals surface area contributed by atoms with Crippen LogP contribution in [0.4, 0.5) is 4.79 Å². The fraction of sp³-hybridized carbons (Fsp3) is 0.444. The SMILES string of the molecule is CCCN(CC(=O)O)C(=O)[C@@H]1CCCC[C@@H]1NC(=O)OCC1c2ccccc2-c2ccccc21. The lowest BCUT2D eigenvalue weighted by atomic mass is 9.83. The number of carbonyl (C=O) groups excluding carboxylic acids is 2. The average molecular weight is 465 g/mol. The molecule has 180 valence electrons. The minimum atomic E-state index is -1.03. The fourth-order valence-corrected chi connectivity index (χ4v) is 5.33. The Labute approximate surface area is 200 Å². The van der Waals surface area contributed by atoms with Gasteiger partial charge in [-0.2, -0.15) is 0 Å². The molecule has 7 heteroatoms. The van der Waals surface area contributed by atoms with Gasteiger partial charge in [0.05, 0.1) is 5.92 Å². The molecule has 0 bridgehead atoms. The molecule has 1 saturated carbocycles. The van der Waals surface area contributed by atoms with E-state index in [0.29, 0.717) is 25.8 Å². The Morgan fingerprint density at radius 3 is 2.24 bits per heavy atom. The molecule has 1 fully saturated rings. The molecule has 2 N–H and O–H groups in total. The fourth-order valence-electron chi connectivity index (χ4n) is 5.33. The molecular formula is C27H32N2O5. The van der Waals surface area contributed by atoms with E-state index in [4.69, 9.17) is 4.74 Å². The maximum atomic E-state index is 13.1. The summed E-state index contributed by atoms with van der Waals surface area (Å²) in [5.74, 6) is -1.69. The Hall–Kier alpha value is -3.35. The van der Waals surface area contributed by atoms with Crippen LogP contribution in [0.2, 0.25) is 0 Å². The van der Waals surface area contributed by atoms with Crippen LogP contribution >= 0.6 is 0 Å². The summed E-state index contributed by atoms with van der Waals surface area (Å²) in [6.45, 7) is 2.20. The zero-order valence-corrected chi connectivity index (χ0v) is 19.5. The maximum Gasteiger partial charge on any atom is 0.407 e. The minimum Gasteiger partial charge on any atom is -0.480 e. The van der Waals surface area contributed by atoms with Crippen LogP contribution in [0, 0.1) is 5.92 Å². The summed E-state index contributed by atoms with van der Waals surface area (Å²) in [6, 6.07) is 16.0. The molecule has 2 aliphatic carbocycles. The molecule has 0 aliphatic heterocycles. The van der Waals surface area contributed by atoms with Crippen molar-refractivity contribution in [3.63, 3.8) is 0 Å². The van der Waals surface area contributed by atoms with E-state index in [1.165, 1.54) is 16.0 Å². The summed E-state index contributed by atoms with van der Waals surface area (Å²) in [7, 11) is 0. The number of amides is 2. The van der Waals surface area contributed by atoms with Crippen molar-refractivity contribution in [2.24, 2.45) is 5.92 Å². The lowest BCUT2D eigenvalue weighted by molar-refractivity contribution is -0.147. The van der Waals surface area contributed by atoms with Crippen molar-refractivity contribution < 1.29 is 24.2 Å². The van der Waals surface area contributed by atoms with Crippen molar-refractivity contribution in [3.8, 4) is 11.1 Å². The minimum absolute atomic E-state index is 0.0300. The van der Waals surface area contributed by atoms with Gasteiger partial charge in [-0.1, -0.05) is 68.3 Å². The number of rotatable bonds is 8. The van der Waals surface area contributed by atoms with E-state index in [2.05, 4.69) is 29.6 Å². The van der Waals surface area contributed by atoms with Crippen LogP contribution in [-0.4, -0.2) is 53.7 Å². The second-order valence-electron chi connectivity index (χ2n) is 9.12. The second kappa shape index (κ2) is 10.7. The molecule has 0 radical (unpaired) electrons. The van der Waals surface area contributed by atoms with Crippen molar-refractivity contribution in [1.29, 1.82) is 0 Å². The van der Waals surface area contributed by atoms with E-state index < -0.39 is 18.0 Å². The van der Waals surface area contributed by atoms with E-state index in [-0.39, 0.29) is 31.0 Å². The van der Waals surface area contributed by atoms with Gasteiger partial charge in [-0.25, -0.2) is 4.79 Å². The smallest absolute Gasteiger partial charge is 0.407 e. The van der Waals surface area contributed by atoms with E-state index in [0.717, 1.165) is 24.0 Å². The zero-order chi connectivity index (χ0) is 24.1. The third-order valence-electron chi connectivity index (χ3n) is 6.86. The number of nitrogens with one attached hydrogen (secondary N) is 1. The van der Waals surface area contributed by atoms with Gasteiger partial charge in [0.1, 0.15) is 13.2 Å². The quantitative estimate of drug-likeness (QED) is 0.603. The molecule has 7 nitrogen and oxygen atoms in total. The third-order valence-corrected chi connectivity index (χ3v) is 6.86. The van der Waals surface area contributed by atoms with Crippen LogP contribution in [-0.2, 0) is 14.3 Å². The monoisotopic (exact) mass is 464 g/mol. The van der Waals surface area contributed by atoms with E-state index in [1.807, 2.05) is 31.2 Å². The van der Waals surface area contributed by atoms with Crippen LogP contribution in [0.15, 0.2) is 48.5 Å². The van der Waals surface area contributed by atoms with Crippen molar-refractivity contribution in [1.82, 2.24) is 10.2 Å². The Morgan fingerprint density at radius 1 is 1.00 bits per heavy atom. The van der Waals surface area contributed by atoms with Gasteiger partial charge in [-0.15, -0.1) is 0 Å². The van der Waals surface area contributed by atoms with Crippen molar-refractivity contribution >= 4 is 18.0 Å². The van der Waals surface area contributed by atoms with E-state index in [1.54, 1.807) is 0 Å². The first-order valence-electron chi connectivity index (χ1n) is 12.1. The summed E-state index contributed by atoms with van der Waals surface area (Å²) in [5, 5.41) is 12.1. The highest BCUT2D eigenvalue weighted by Gasteiger charge is 2.36. The predicted molar refractivity (Wildman–Crippen MR) is 128 cm³/mol. The topological polar surface area (TPSA) is 95.9 Å². The average Bonchev–Trinajstić information content (AvgIpc) is 3.16. The molecular weight excluding hydrogens is 432 g/mol. The van der Waals surface area contributed by atoms with Crippen LogP contribution in [0.5, 0.6) is 0 Å². The number of ether oxygens (including phenoxy) is 1. The Balaban J connectivity index is 1.41. The van der Waals surface area contributed by atoms with Gasteiger partial charge in [0.2, 0.25) is 5.91 Å². The third kappa shape index (κ3) is 5.08. The highest BCUT2D eigenvalue weighted by Crippen LogP contribution is 2.44. The Kier molecular flexibility index (Phi) is 7.50. The molecule has 2 atom stereocenters. The van der Waals surface area contributed by atoms with Gasteiger partial charge in [0.15, 0.2) is 0 Å². The Bertz CT molecular complexity index is 1010. The van der Waals surface area contributed by atoms with Gasteiger partial charge >= 0.3 is 12.1 Å². The molecule has 2 aromatic rings. The number of carboxylic acids is 1. The summed E-state index contributed by atoms with van der Waals surface area (Å²) in [4.78, 5) is 38.5. The number of aliphatic carboxylic acids is 1. The van der Waals surface area contributed by atoms with Crippen molar-refractivity contribution in [3.05, 3.63) is 59.7 Å². The van der Waals surface area contributed by atoms with E-state index in [9.17, 15) is 19.5 Å². The lowest BCUT2D eigenvalue weighted by Crippen LogP contribution is -2.50. The number of carboxylic acid groups (broad SMARTS) is 1. The summed E-state index contributed by atoms with van der Waals surface area (Å²) in [5.41, 5.74) is 4.62. The molecule has 0 spiro atoms. The lowest BCUT2D eigenvalue weighted by Gasteiger charge is -2.34. The second-order valence-corrected chi connectivity index (χ2v) is 9.12. The van der Waals surface area contributed by atoms with E-state index >= 15 is 0 Å². The molecule has 0 heterocycles. The van der Waals surface area contributed by atoms with Gasteiger partial charge in [-0.05, 0) is 41.5 Å². The standard InChI is InChI=1S/C27H32N2O5/c1-2-15-29(16-25(30)31)26(32)22-13-7-8-14-24(22)28-27(33)34-17-23-20-11-5-3-9-18(20)19-10-4-6-12-21(19)23/h3-6,9-12,22-24H,2,7-8,13-17H2,1H3,(H,28,33)(H,30,31)/t22-,24+/m1/s1. The highest BCUT2D eigenvalue weighted by atomic mass is 16.5. The summed E-state index contributed by atoms with van der Waals surface area (Å²) >= 11 is 0. The van der Waals surface area contributed by atoms with Crippen molar-refractivity contribution in [2.45, 2.75) is 51.0 Å². The maximum absolute atomic E-state index is 13.1. The number of nitrogens with zero attached hydrogens (tertiary/aromatic N) is 1. The molecule has 34 heavy (non-hydrogen) atoms. The van der Waals surface area contributed by atoms with Crippen LogP contribution in [0.25, 0.3) is 11.1 Å². The number of carbonyl (C=O) groups is 3. The van der Waals surface area contributed by atoms with Crippen LogP contribution in [0.1, 0.15) is 56.1 Å². The first-order chi connectivity index (χ1) is 16.5. The number of alkyl carbamates (subject to hydrolysis) is 1. The number of benzene rings is 2. The number of hydrogen-bond acceptors (Lipinski definition) is 4. The summed E-state index contributed by atoms with van der Waals surface area (Å²) < 4.78 is 5.67. The molecule has 0 aromatic heterocycles. The first-order valence-corrected chi connectivity index (χ1v) is 12.1. The number of fused-ring (bicyclic) bond motifs is 3. The van der Waals surface area contributed by atoms with Gasteiger partial charge in [0.25, 0.3) is 0 Å². The van der Waals surface area contributed by atoms with Crippen molar-refractivity contribution in [2.75, 3.05) is 19.7 Å². The first kappa shape index (κ1) is 23.8. The number of hydrogen-bond donors (Lipinski definition) is 2. The normalized spacial score (nSPS) is 19.1. The van der Waals surface area contributed by atoms with Gasteiger partial charge in [0, 0.05) is 18.5 Å². The molecule has 4 rings (SSSR count). The van der Waals surface area contributed by atoms with Gasteiger partial charge < -0.3 is 20.1 Å². The molecule has 2 aromatic carbocycles. The molecule has 2 amide bonds. The predicted octanol–water partition coefficient (Wildman–Crippen LogP) is 4.41. The molecule has 2 aliphatic rings. The largest absolute Gasteiger partial charge is 0.480 e. The molecule has 0 unspecified atom stereocenters. The van der Waals surface area contributed by atoms with Crippen LogP contribution < -0.4 is 5.32 Å². The highest BCUT2D eigenvalue weighted by molar-refractivity contribution is 5.84. The summed E-state index contributed by atoms with van der Waals surface area (Å²) in [6.07, 6.45) is 3.24. The zero-order valence-electron chi connectivity index (χ0n) is 19.5. The van der Waals surface area contributed by atoms with Gasteiger partial charge in [-0.3, -0.25) is 9.59 Å². The molecule has 0 saturated heterocycles. The van der Waals surface area contributed by atoms with Crippen LogP contribution in [0.3, 0.4) is 0 Å².